The second-order valence-corrected chi connectivity index (χ2v) is 4.37. The predicted molar refractivity (Wildman–Crippen MR) is 76.7 cm³/mol. The molecule has 102 valence electrons. The van der Waals surface area contributed by atoms with E-state index in [0.717, 1.165) is 10.9 Å². The highest BCUT2D eigenvalue weighted by Gasteiger charge is 2.07. The van der Waals surface area contributed by atoms with Crippen LogP contribution in [0, 0.1) is 5.82 Å². The number of rotatable bonds is 3. The van der Waals surface area contributed by atoms with E-state index in [1.807, 2.05) is 6.07 Å². The number of benzene rings is 2. The smallest absolute Gasteiger partial charge is 0.167 e. The van der Waals surface area contributed by atoms with E-state index in [0.29, 0.717) is 17.1 Å². The van der Waals surface area contributed by atoms with Crippen LogP contribution in [-0.2, 0) is 0 Å². The largest absolute Gasteiger partial charge is 0.494 e. The molecule has 5 nitrogen and oxygen atoms in total. The molecule has 3 rings (SSSR count). The summed E-state index contributed by atoms with van der Waals surface area (Å²) in [6, 6.07) is 8.28. The summed E-state index contributed by atoms with van der Waals surface area (Å²) in [5.41, 5.74) is 8.67. The molecule has 0 saturated carbocycles. The van der Waals surface area contributed by atoms with Crippen LogP contribution in [0.3, 0.4) is 0 Å². The van der Waals surface area contributed by atoms with Gasteiger partial charge in [0.15, 0.2) is 11.6 Å². The van der Waals surface area contributed by atoms with Crippen molar-refractivity contribution in [3.63, 3.8) is 0 Å². The fourth-order valence-electron chi connectivity index (χ4n) is 2.02. The average Bonchev–Trinajstić information content (AvgIpc) is 2.86. The van der Waals surface area contributed by atoms with Gasteiger partial charge in [-0.1, -0.05) is 0 Å². The third-order valence-electron chi connectivity index (χ3n) is 3.04. The van der Waals surface area contributed by atoms with Gasteiger partial charge in [0.05, 0.1) is 30.2 Å². The highest BCUT2D eigenvalue weighted by molar-refractivity contribution is 5.89. The fourth-order valence-corrected chi connectivity index (χ4v) is 2.02. The van der Waals surface area contributed by atoms with Crippen molar-refractivity contribution in [3.8, 4) is 5.75 Å². The molecule has 20 heavy (non-hydrogen) atoms. The zero-order valence-corrected chi connectivity index (χ0v) is 10.8. The number of methoxy groups -OCH3 is 1. The topological polar surface area (TPSA) is 76.0 Å². The molecule has 0 amide bonds. The van der Waals surface area contributed by atoms with Crippen molar-refractivity contribution >= 4 is 28.0 Å². The number of fused-ring (bicyclic) bond motifs is 1. The van der Waals surface area contributed by atoms with Crippen LogP contribution in [0.1, 0.15) is 0 Å². The first-order chi connectivity index (χ1) is 9.67. The highest BCUT2D eigenvalue weighted by Crippen LogP contribution is 2.29. The van der Waals surface area contributed by atoms with Gasteiger partial charge in [-0.15, -0.1) is 0 Å². The van der Waals surface area contributed by atoms with E-state index in [2.05, 4.69) is 15.5 Å². The van der Waals surface area contributed by atoms with Crippen LogP contribution in [0.25, 0.3) is 10.9 Å². The number of H-pyrrole nitrogens is 1. The summed E-state index contributed by atoms with van der Waals surface area (Å²) in [5, 5.41) is 10.8. The quantitative estimate of drug-likeness (QED) is 0.640. The van der Waals surface area contributed by atoms with Crippen molar-refractivity contribution in [2.75, 3.05) is 18.2 Å². The van der Waals surface area contributed by atoms with Gasteiger partial charge in [-0.2, -0.15) is 5.10 Å². The zero-order valence-electron chi connectivity index (χ0n) is 10.8. The first kappa shape index (κ1) is 12.3. The van der Waals surface area contributed by atoms with Gasteiger partial charge in [0, 0.05) is 17.1 Å². The lowest BCUT2D eigenvalue weighted by atomic mass is 10.2. The number of nitrogens with zero attached hydrogens (tertiary/aromatic N) is 1. The van der Waals surface area contributed by atoms with Crippen molar-refractivity contribution in [2.45, 2.75) is 0 Å². The van der Waals surface area contributed by atoms with Crippen LogP contribution < -0.4 is 15.8 Å². The number of aromatic nitrogens is 2. The third kappa shape index (κ3) is 2.11. The molecule has 1 aromatic heterocycles. The Balaban J connectivity index is 1.96. The molecule has 1 heterocycles. The minimum absolute atomic E-state index is 0.201. The van der Waals surface area contributed by atoms with Crippen LogP contribution >= 0.6 is 0 Å². The van der Waals surface area contributed by atoms with Crippen LogP contribution in [0.5, 0.6) is 5.75 Å². The third-order valence-corrected chi connectivity index (χ3v) is 3.04. The van der Waals surface area contributed by atoms with Gasteiger partial charge in [0.2, 0.25) is 0 Å². The number of nitrogens with one attached hydrogen (secondary N) is 2. The van der Waals surface area contributed by atoms with Gasteiger partial charge in [-0.05, 0) is 24.3 Å². The van der Waals surface area contributed by atoms with Gasteiger partial charge in [0.1, 0.15) is 0 Å². The number of hydrogen-bond donors (Lipinski definition) is 3. The number of hydrogen-bond acceptors (Lipinski definition) is 4. The second kappa shape index (κ2) is 4.73. The maximum Gasteiger partial charge on any atom is 0.167 e. The van der Waals surface area contributed by atoms with E-state index in [9.17, 15) is 4.39 Å². The molecule has 0 radical (unpaired) electrons. The van der Waals surface area contributed by atoms with E-state index in [-0.39, 0.29) is 5.75 Å². The van der Waals surface area contributed by atoms with E-state index in [1.165, 1.54) is 13.2 Å². The molecule has 0 atom stereocenters. The predicted octanol–water partition coefficient (Wildman–Crippen LogP) is 3.04. The summed E-state index contributed by atoms with van der Waals surface area (Å²) < 4.78 is 18.5. The minimum Gasteiger partial charge on any atom is -0.494 e. The molecule has 0 aliphatic rings. The summed E-state index contributed by atoms with van der Waals surface area (Å²) in [4.78, 5) is 0. The minimum atomic E-state index is -0.432. The molecule has 0 unspecified atom stereocenters. The van der Waals surface area contributed by atoms with Crippen molar-refractivity contribution in [2.24, 2.45) is 0 Å². The molecular formula is C14H13FN4O. The lowest BCUT2D eigenvalue weighted by Crippen LogP contribution is -1.97. The standard InChI is InChI=1S/C14H13FN4O/c1-20-14-3-2-9(5-10(14)15)18-13-6-12-8(4-11(13)16)7-17-19-12/h2-7,18H,16H2,1H3,(H,17,19). The molecule has 2 aromatic carbocycles. The number of nitrogens with two attached hydrogens (primary N) is 1. The summed E-state index contributed by atoms with van der Waals surface area (Å²) in [6.45, 7) is 0. The molecule has 0 saturated heterocycles. The molecule has 0 aliphatic carbocycles. The molecule has 0 fully saturated rings. The first-order valence-electron chi connectivity index (χ1n) is 6.00. The second-order valence-electron chi connectivity index (χ2n) is 4.37. The number of nitrogen functional groups attached to an aromatic ring is 1. The lowest BCUT2D eigenvalue weighted by Gasteiger charge is -2.10. The van der Waals surface area contributed by atoms with Crippen LogP contribution in [0.2, 0.25) is 0 Å². The summed E-state index contributed by atoms with van der Waals surface area (Å²) >= 11 is 0. The molecule has 0 aliphatic heterocycles. The fraction of sp³-hybridized carbons (Fsp3) is 0.0714. The normalized spacial score (nSPS) is 10.7. The first-order valence-corrected chi connectivity index (χ1v) is 6.00. The zero-order chi connectivity index (χ0) is 14.1. The van der Waals surface area contributed by atoms with E-state index >= 15 is 0 Å². The van der Waals surface area contributed by atoms with Crippen molar-refractivity contribution < 1.29 is 9.13 Å². The Morgan fingerprint density at radius 2 is 2.15 bits per heavy atom. The Labute approximate surface area is 114 Å². The monoisotopic (exact) mass is 272 g/mol. The van der Waals surface area contributed by atoms with E-state index in [4.69, 9.17) is 10.5 Å². The molecule has 6 heteroatoms. The van der Waals surface area contributed by atoms with Crippen molar-refractivity contribution in [3.05, 3.63) is 42.3 Å². The van der Waals surface area contributed by atoms with Gasteiger partial charge >= 0.3 is 0 Å². The van der Waals surface area contributed by atoms with E-state index in [1.54, 1.807) is 24.4 Å². The Morgan fingerprint density at radius 1 is 1.30 bits per heavy atom. The Bertz CT molecular complexity index is 769. The molecule has 4 N–H and O–H groups in total. The van der Waals surface area contributed by atoms with Gasteiger partial charge in [-0.3, -0.25) is 5.10 Å². The van der Waals surface area contributed by atoms with Crippen LogP contribution in [0.15, 0.2) is 36.5 Å². The highest BCUT2D eigenvalue weighted by atomic mass is 19.1. The maximum absolute atomic E-state index is 13.6. The lowest BCUT2D eigenvalue weighted by molar-refractivity contribution is 0.386. The summed E-state index contributed by atoms with van der Waals surface area (Å²) in [6.07, 6.45) is 1.70. The number of halogens is 1. The summed E-state index contributed by atoms with van der Waals surface area (Å²) in [5.74, 6) is -0.230. The summed E-state index contributed by atoms with van der Waals surface area (Å²) in [7, 11) is 1.43. The maximum atomic E-state index is 13.6. The van der Waals surface area contributed by atoms with Crippen molar-refractivity contribution in [1.82, 2.24) is 10.2 Å². The van der Waals surface area contributed by atoms with Gasteiger partial charge in [0.25, 0.3) is 0 Å². The number of anilines is 3. The Kier molecular flexibility index (Phi) is 2.90. The molecular weight excluding hydrogens is 259 g/mol. The molecule has 0 bridgehead atoms. The number of aromatic amines is 1. The molecule has 3 aromatic rings. The van der Waals surface area contributed by atoms with Crippen molar-refractivity contribution in [1.29, 1.82) is 0 Å². The Hall–Kier alpha value is -2.76. The van der Waals surface area contributed by atoms with Crippen LogP contribution in [0.4, 0.5) is 21.5 Å². The average molecular weight is 272 g/mol. The number of ether oxygens (including phenoxy) is 1. The van der Waals surface area contributed by atoms with Gasteiger partial charge < -0.3 is 15.8 Å². The SMILES string of the molecule is COc1ccc(Nc2cc3[nH]ncc3cc2N)cc1F. The Morgan fingerprint density at radius 3 is 2.90 bits per heavy atom. The van der Waals surface area contributed by atoms with E-state index < -0.39 is 5.82 Å². The van der Waals surface area contributed by atoms with Crippen LogP contribution in [-0.4, -0.2) is 17.3 Å². The molecule has 0 spiro atoms. The van der Waals surface area contributed by atoms with Gasteiger partial charge in [-0.25, -0.2) is 4.39 Å².